The minimum absolute atomic E-state index is 0.0439. The summed E-state index contributed by atoms with van der Waals surface area (Å²) in [7, 11) is 0. The fourth-order valence-corrected chi connectivity index (χ4v) is 3.52. The molecule has 1 saturated heterocycles. The SMILES string of the molecule is CC(C)[C@@H]1C(=O)C[C@@H](c2ccccc2)N[C@@H]1c1ccccc1. The lowest BCUT2D eigenvalue weighted by molar-refractivity contribution is -0.128. The second-order valence-corrected chi connectivity index (χ2v) is 6.46. The number of carbonyl (C=O) groups excluding carboxylic acids is 1. The third-order valence-corrected chi connectivity index (χ3v) is 4.60. The van der Waals surface area contributed by atoms with Gasteiger partial charge in [0.25, 0.3) is 0 Å². The summed E-state index contributed by atoms with van der Waals surface area (Å²) >= 11 is 0. The van der Waals surface area contributed by atoms with Gasteiger partial charge in [-0.05, 0) is 17.0 Å². The van der Waals surface area contributed by atoms with Crippen LogP contribution in [-0.2, 0) is 4.79 Å². The van der Waals surface area contributed by atoms with Crippen molar-refractivity contribution in [2.45, 2.75) is 32.4 Å². The minimum atomic E-state index is 0.0439. The molecule has 0 aliphatic carbocycles. The van der Waals surface area contributed by atoms with E-state index in [1.807, 2.05) is 36.4 Å². The molecule has 0 amide bonds. The van der Waals surface area contributed by atoms with Gasteiger partial charge in [0.2, 0.25) is 0 Å². The summed E-state index contributed by atoms with van der Waals surface area (Å²) in [6.07, 6.45) is 0.580. The van der Waals surface area contributed by atoms with Crippen molar-refractivity contribution in [2.75, 3.05) is 0 Å². The summed E-state index contributed by atoms with van der Waals surface area (Å²) in [5, 5.41) is 3.73. The zero-order valence-electron chi connectivity index (χ0n) is 13.2. The Hall–Kier alpha value is -1.93. The van der Waals surface area contributed by atoms with Crippen molar-refractivity contribution < 1.29 is 4.79 Å². The summed E-state index contributed by atoms with van der Waals surface area (Å²) in [5.74, 6) is 0.751. The van der Waals surface area contributed by atoms with Gasteiger partial charge in [0.05, 0.1) is 0 Å². The fraction of sp³-hybridized carbons (Fsp3) is 0.350. The molecule has 2 heteroatoms. The van der Waals surface area contributed by atoms with Gasteiger partial charge in [0.15, 0.2) is 0 Å². The molecule has 1 fully saturated rings. The number of hydrogen-bond acceptors (Lipinski definition) is 2. The first kappa shape index (κ1) is 15.0. The average Bonchev–Trinajstić information content (AvgIpc) is 2.55. The number of ketones is 1. The van der Waals surface area contributed by atoms with Crippen LogP contribution in [0.15, 0.2) is 60.7 Å². The second kappa shape index (κ2) is 6.45. The molecule has 0 saturated carbocycles. The predicted octanol–water partition coefficient (Wildman–Crippen LogP) is 4.30. The Morgan fingerprint density at radius 2 is 1.45 bits per heavy atom. The van der Waals surface area contributed by atoms with E-state index in [1.165, 1.54) is 11.1 Å². The standard InChI is InChI=1S/C20H23NO/c1-14(2)19-18(22)13-17(15-9-5-3-6-10-15)21-20(19)16-11-7-4-8-12-16/h3-12,14,17,19-21H,13H2,1-2H3/t17-,19+,20+/m0/s1. The van der Waals surface area contributed by atoms with Gasteiger partial charge in [0.1, 0.15) is 5.78 Å². The van der Waals surface area contributed by atoms with Gasteiger partial charge >= 0.3 is 0 Å². The largest absolute Gasteiger partial charge is 0.302 e. The molecule has 1 heterocycles. The zero-order chi connectivity index (χ0) is 15.5. The Morgan fingerprint density at radius 1 is 0.909 bits per heavy atom. The summed E-state index contributed by atoms with van der Waals surface area (Å²) in [6.45, 7) is 4.28. The molecule has 0 radical (unpaired) electrons. The zero-order valence-corrected chi connectivity index (χ0v) is 13.2. The average molecular weight is 293 g/mol. The maximum absolute atomic E-state index is 12.8. The van der Waals surface area contributed by atoms with Gasteiger partial charge in [0, 0.05) is 24.4 Å². The molecule has 1 N–H and O–H groups in total. The highest BCUT2D eigenvalue weighted by Crippen LogP contribution is 2.38. The van der Waals surface area contributed by atoms with Gasteiger partial charge < -0.3 is 5.32 Å². The Labute approximate surface area is 132 Å². The monoisotopic (exact) mass is 293 g/mol. The van der Waals surface area contributed by atoms with Crippen LogP contribution in [0.25, 0.3) is 0 Å². The smallest absolute Gasteiger partial charge is 0.140 e. The van der Waals surface area contributed by atoms with Gasteiger partial charge in [-0.1, -0.05) is 74.5 Å². The lowest BCUT2D eigenvalue weighted by Crippen LogP contribution is -2.44. The van der Waals surface area contributed by atoms with Crippen LogP contribution in [0.3, 0.4) is 0 Å². The first-order valence-electron chi connectivity index (χ1n) is 8.05. The number of piperidine rings is 1. The van der Waals surface area contributed by atoms with Crippen LogP contribution < -0.4 is 5.32 Å². The molecule has 2 nitrogen and oxygen atoms in total. The Balaban J connectivity index is 1.94. The molecule has 0 aromatic heterocycles. The third kappa shape index (κ3) is 2.97. The van der Waals surface area contributed by atoms with Crippen LogP contribution in [0.2, 0.25) is 0 Å². The first-order valence-corrected chi connectivity index (χ1v) is 8.05. The van der Waals surface area contributed by atoms with Gasteiger partial charge in [-0.15, -0.1) is 0 Å². The van der Waals surface area contributed by atoms with E-state index in [9.17, 15) is 4.79 Å². The Kier molecular flexibility index (Phi) is 4.39. The molecule has 1 aliphatic rings. The van der Waals surface area contributed by atoms with Gasteiger partial charge in [-0.2, -0.15) is 0 Å². The normalized spacial score (nSPS) is 25.4. The summed E-state index contributed by atoms with van der Waals surface area (Å²) < 4.78 is 0. The number of carbonyl (C=O) groups is 1. The molecular weight excluding hydrogens is 270 g/mol. The molecule has 22 heavy (non-hydrogen) atoms. The highest BCUT2D eigenvalue weighted by Gasteiger charge is 2.38. The van der Waals surface area contributed by atoms with Gasteiger partial charge in [-0.3, -0.25) is 4.79 Å². The van der Waals surface area contributed by atoms with E-state index in [2.05, 4.69) is 43.4 Å². The van der Waals surface area contributed by atoms with E-state index < -0.39 is 0 Å². The number of benzene rings is 2. The predicted molar refractivity (Wildman–Crippen MR) is 89.5 cm³/mol. The first-order chi connectivity index (χ1) is 10.7. The quantitative estimate of drug-likeness (QED) is 0.914. The molecule has 1 aliphatic heterocycles. The molecule has 0 unspecified atom stereocenters. The summed E-state index contributed by atoms with van der Waals surface area (Å²) in [5.41, 5.74) is 2.40. The molecule has 3 rings (SSSR count). The molecular formula is C20H23NO. The topological polar surface area (TPSA) is 29.1 Å². The Bertz CT molecular complexity index is 621. The third-order valence-electron chi connectivity index (χ3n) is 4.60. The van der Waals surface area contributed by atoms with Crippen LogP contribution in [0.4, 0.5) is 0 Å². The van der Waals surface area contributed by atoms with Crippen molar-refractivity contribution in [3.8, 4) is 0 Å². The molecule has 0 spiro atoms. The molecule has 114 valence electrons. The van der Waals surface area contributed by atoms with Crippen LogP contribution >= 0.6 is 0 Å². The van der Waals surface area contributed by atoms with Crippen LogP contribution in [0.5, 0.6) is 0 Å². The highest BCUT2D eigenvalue weighted by molar-refractivity contribution is 5.84. The highest BCUT2D eigenvalue weighted by atomic mass is 16.1. The number of nitrogens with one attached hydrogen (secondary N) is 1. The van der Waals surface area contributed by atoms with Crippen LogP contribution in [-0.4, -0.2) is 5.78 Å². The number of hydrogen-bond donors (Lipinski definition) is 1. The van der Waals surface area contributed by atoms with E-state index in [-0.39, 0.29) is 18.0 Å². The second-order valence-electron chi connectivity index (χ2n) is 6.46. The van der Waals surface area contributed by atoms with E-state index in [4.69, 9.17) is 0 Å². The molecule has 2 aromatic rings. The van der Waals surface area contributed by atoms with Crippen molar-refractivity contribution in [2.24, 2.45) is 11.8 Å². The molecule has 3 atom stereocenters. The lowest BCUT2D eigenvalue weighted by atomic mass is 9.75. The van der Waals surface area contributed by atoms with E-state index in [0.717, 1.165) is 0 Å². The van der Waals surface area contributed by atoms with E-state index in [1.54, 1.807) is 0 Å². The maximum Gasteiger partial charge on any atom is 0.140 e. The van der Waals surface area contributed by atoms with Crippen LogP contribution in [0.1, 0.15) is 43.5 Å². The van der Waals surface area contributed by atoms with Crippen LogP contribution in [0, 0.1) is 11.8 Å². The lowest BCUT2D eigenvalue weighted by Gasteiger charge is -2.39. The van der Waals surface area contributed by atoms with Crippen molar-refractivity contribution >= 4 is 5.78 Å². The van der Waals surface area contributed by atoms with Crippen molar-refractivity contribution in [3.05, 3.63) is 71.8 Å². The number of rotatable bonds is 3. The summed E-state index contributed by atoms with van der Waals surface area (Å²) in [4.78, 5) is 12.8. The van der Waals surface area contributed by atoms with Crippen molar-refractivity contribution in [3.63, 3.8) is 0 Å². The number of Topliss-reactive ketones (excluding diaryl/α,β-unsaturated/α-hetero) is 1. The van der Waals surface area contributed by atoms with E-state index in [0.29, 0.717) is 18.1 Å². The van der Waals surface area contributed by atoms with Gasteiger partial charge in [-0.25, -0.2) is 0 Å². The fourth-order valence-electron chi connectivity index (χ4n) is 3.52. The van der Waals surface area contributed by atoms with Crippen molar-refractivity contribution in [1.29, 1.82) is 0 Å². The van der Waals surface area contributed by atoms with Crippen molar-refractivity contribution in [1.82, 2.24) is 5.32 Å². The summed E-state index contributed by atoms with van der Waals surface area (Å²) in [6, 6.07) is 20.8. The van der Waals surface area contributed by atoms with E-state index >= 15 is 0 Å². The minimum Gasteiger partial charge on any atom is -0.302 e. The molecule has 0 bridgehead atoms. The Morgan fingerprint density at radius 3 is 2.00 bits per heavy atom. The maximum atomic E-state index is 12.8. The molecule has 2 aromatic carbocycles.